The number of hydrogen-bond acceptors (Lipinski definition) is 6. The van der Waals surface area contributed by atoms with Gasteiger partial charge in [-0.3, -0.25) is 13.8 Å². The van der Waals surface area contributed by atoms with Crippen molar-refractivity contribution in [2.24, 2.45) is 5.73 Å². The molecule has 0 fully saturated rings. The molecular formula is C42H83N2O6P. The number of rotatable bonds is 40. The number of allylic oxidation sites excluding steroid dienone is 3. The summed E-state index contributed by atoms with van der Waals surface area (Å²) in [5, 5.41) is 13.6. The molecule has 0 aliphatic carbocycles. The van der Waals surface area contributed by atoms with E-state index in [2.05, 4.69) is 31.3 Å². The zero-order valence-electron chi connectivity index (χ0n) is 33.4. The van der Waals surface area contributed by atoms with Gasteiger partial charge in [0, 0.05) is 13.0 Å². The first-order valence-corrected chi connectivity index (χ1v) is 23.0. The molecule has 0 radical (unpaired) electrons. The standard InChI is InChI=1S/C42H83N2O6P/c1-3-5-7-9-11-13-15-16-17-18-19-20-21-22-23-24-26-27-29-31-33-35-41(45)40(39-50-51(47,48)49-38-37-43)44-42(46)36-34-32-30-28-25-14-12-10-8-6-4-2/h26-27,33,35,40-41,45H,3-25,28-32,34,36-39,43H2,1-2H3,(H,44,46)(H,47,48)/b27-26+,35-33+. The topological polar surface area (TPSA) is 131 Å². The lowest BCUT2D eigenvalue weighted by atomic mass is 10.0. The highest BCUT2D eigenvalue weighted by molar-refractivity contribution is 7.47. The minimum atomic E-state index is -4.34. The van der Waals surface area contributed by atoms with Crippen LogP contribution >= 0.6 is 7.82 Å². The van der Waals surface area contributed by atoms with E-state index in [1.165, 1.54) is 148 Å². The number of phosphoric ester groups is 1. The van der Waals surface area contributed by atoms with E-state index in [1.54, 1.807) is 6.08 Å². The van der Waals surface area contributed by atoms with Gasteiger partial charge >= 0.3 is 7.82 Å². The van der Waals surface area contributed by atoms with Crippen LogP contribution in [0.5, 0.6) is 0 Å². The van der Waals surface area contributed by atoms with Crippen LogP contribution in [-0.2, 0) is 18.4 Å². The van der Waals surface area contributed by atoms with E-state index in [9.17, 15) is 19.4 Å². The summed E-state index contributed by atoms with van der Waals surface area (Å²) in [6, 6.07) is -0.871. The van der Waals surface area contributed by atoms with Gasteiger partial charge in [-0.15, -0.1) is 0 Å². The molecular weight excluding hydrogens is 659 g/mol. The van der Waals surface area contributed by atoms with E-state index < -0.39 is 20.0 Å². The number of carbonyl (C=O) groups excluding carboxylic acids is 1. The molecule has 0 aromatic heterocycles. The van der Waals surface area contributed by atoms with Crippen molar-refractivity contribution < 1.29 is 28.4 Å². The number of amides is 1. The van der Waals surface area contributed by atoms with Crippen LogP contribution in [0.3, 0.4) is 0 Å². The van der Waals surface area contributed by atoms with E-state index in [4.69, 9.17) is 14.8 Å². The van der Waals surface area contributed by atoms with Crippen LogP contribution in [-0.4, -0.2) is 47.8 Å². The van der Waals surface area contributed by atoms with Crippen LogP contribution in [0.25, 0.3) is 0 Å². The molecule has 0 saturated heterocycles. The quantitative estimate of drug-likeness (QED) is 0.0279. The highest BCUT2D eigenvalue weighted by atomic mass is 31.2. The van der Waals surface area contributed by atoms with Crippen LogP contribution in [0, 0.1) is 0 Å². The molecule has 0 aromatic rings. The molecule has 0 saturated carbocycles. The zero-order chi connectivity index (χ0) is 37.5. The van der Waals surface area contributed by atoms with Crippen molar-refractivity contribution in [3.05, 3.63) is 24.3 Å². The fourth-order valence-electron chi connectivity index (χ4n) is 6.27. The van der Waals surface area contributed by atoms with Crippen molar-refractivity contribution in [1.82, 2.24) is 5.32 Å². The van der Waals surface area contributed by atoms with Gasteiger partial charge in [-0.05, 0) is 32.1 Å². The van der Waals surface area contributed by atoms with Crippen LogP contribution in [0.1, 0.15) is 206 Å². The number of phosphoric acid groups is 1. The SMILES string of the molecule is CCCCCCCCCCCCCCCCC/C=C/CC/C=C/C(O)C(COP(=O)(O)OCCN)NC(=O)CCCCCCCCCCCCC. The second kappa shape index (κ2) is 38.7. The third kappa shape index (κ3) is 37.1. The molecule has 0 aliphatic rings. The monoisotopic (exact) mass is 743 g/mol. The Morgan fingerprint density at radius 3 is 1.51 bits per heavy atom. The fraction of sp³-hybridized carbons (Fsp3) is 0.881. The summed E-state index contributed by atoms with van der Waals surface area (Å²) >= 11 is 0. The third-order valence-electron chi connectivity index (χ3n) is 9.53. The fourth-order valence-corrected chi connectivity index (χ4v) is 7.03. The maximum absolute atomic E-state index is 12.7. The highest BCUT2D eigenvalue weighted by Crippen LogP contribution is 2.43. The van der Waals surface area contributed by atoms with Crippen LogP contribution in [0.2, 0.25) is 0 Å². The Kier molecular flexibility index (Phi) is 37.9. The lowest BCUT2D eigenvalue weighted by Gasteiger charge is -2.23. The number of nitrogens with two attached hydrogens (primary N) is 1. The molecule has 0 aliphatic heterocycles. The predicted molar refractivity (Wildman–Crippen MR) is 217 cm³/mol. The summed E-state index contributed by atoms with van der Waals surface area (Å²) in [5.74, 6) is -0.204. The van der Waals surface area contributed by atoms with E-state index in [0.29, 0.717) is 6.42 Å². The van der Waals surface area contributed by atoms with Crippen molar-refractivity contribution in [3.63, 3.8) is 0 Å². The predicted octanol–water partition coefficient (Wildman–Crippen LogP) is 11.8. The molecule has 0 aromatic carbocycles. The summed E-state index contributed by atoms with van der Waals surface area (Å²) in [6.45, 7) is 4.11. The highest BCUT2D eigenvalue weighted by Gasteiger charge is 2.26. The van der Waals surface area contributed by atoms with Gasteiger partial charge in [-0.25, -0.2) is 4.57 Å². The Labute approximate surface area is 315 Å². The molecule has 8 nitrogen and oxygen atoms in total. The first kappa shape index (κ1) is 50.0. The van der Waals surface area contributed by atoms with E-state index in [-0.39, 0.29) is 25.7 Å². The number of carbonyl (C=O) groups is 1. The first-order valence-electron chi connectivity index (χ1n) is 21.5. The van der Waals surface area contributed by atoms with Gasteiger partial charge in [-0.2, -0.15) is 0 Å². The average Bonchev–Trinajstić information content (AvgIpc) is 3.12. The summed E-state index contributed by atoms with van der Waals surface area (Å²) in [7, 11) is -4.34. The number of aliphatic hydroxyl groups excluding tert-OH is 1. The molecule has 0 heterocycles. The third-order valence-corrected chi connectivity index (χ3v) is 10.5. The van der Waals surface area contributed by atoms with Gasteiger partial charge in [0.1, 0.15) is 0 Å². The lowest BCUT2D eigenvalue weighted by Crippen LogP contribution is -2.45. The lowest BCUT2D eigenvalue weighted by molar-refractivity contribution is -0.123. The minimum absolute atomic E-state index is 0.0757. The van der Waals surface area contributed by atoms with Gasteiger partial charge in [0.25, 0.3) is 0 Å². The molecule has 51 heavy (non-hydrogen) atoms. The largest absolute Gasteiger partial charge is 0.472 e. The number of hydrogen-bond donors (Lipinski definition) is 4. The number of nitrogens with one attached hydrogen (secondary N) is 1. The molecule has 0 spiro atoms. The Morgan fingerprint density at radius 2 is 1.04 bits per heavy atom. The van der Waals surface area contributed by atoms with E-state index in [1.807, 2.05) is 6.08 Å². The molecule has 1 amide bonds. The van der Waals surface area contributed by atoms with E-state index in [0.717, 1.165) is 38.5 Å². The number of aliphatic hydroxyl groups is 1. The van der Waals surface area contributed by atoms with E-state index >= 15 is 0 Å². The van der Waals surface area contributed by atoms with Gasteiger partial charge in [0.15, 0.2) is 0 Å². The van der Waals surface area contributed by atoms with Gasteiger partial charge in [0.2, 0.25) is 5.91 Å². The summed E-state index contributed by atoms with van der Waals surface area (Å²) in [5.41, 5.74) is 5.36. The molecule has 0 bridgehead atoms. The van der Waals surface area contributed by atoms with Crippen LogP contribution in [0.4, 0.5) is 0 Å². The van der Waals surface area contributed by atoms with Crippen molar-refractivity contribution in [3.8, 4) is 0 Å². The smallest absolute Gasteiger partial charge is 0.387 e. The van der Waals surface area contributed by atoms with Crippen molar-refractivity contribution in [1.29, 1.82) is 0 Å². The summed E-state index contributed by atoms with van der Waals surface area (Å²) in [6.07, 6.45) is 43.8. The Bertz CT molecular complexity index is 855. The summed E-state index contributed by atoms with van der Waals surface area (Å²) in [4.78, 5) is 22.6. The van der Waals surface area contributed by atoms with Gasteiger partial charge in [0.05, 0.1) is 25.4 Å². The second-order valence-corrected chi connectivity index (χ2v) is 16.0. The van der Waals surface area contributed by atoms with Crippen LogP contribution in [0.15, 0.2) is 24.3 Å². The van der Waals surface area contributed by atoms with Crippen molar-refractivity contribution >= 4 is 13.7 Å². The van der Waals surface area contributed by atoms with Crippen LogP contribution < -0.4 is 11.1 Å². The Morgan fingerprint density at radius 1 is 0.627 bits per heavy atom. The maximum Gasteiger partial charge on any atom is 0.472 e. The second-order valence-electron chi connectivity index (χ2n) is 14.6. The molecule has 9 heteroatoms. The zero-order valence-corrected chi connectivity index (χ0v) is 34.2. The first-order chi connectivity index (χ1) is 24.9. The Hall–Kier alpha value is -1.02. The Balaban J connectivity index is 4.21. The van der Waals surface area contributed by atoms with Crippen molar-refractivity contribution in [2.75, 3.05) is 19.8 Å². The van der Waals surface area contributed by atoms with Crippen molar-refractivity contribution in [2.45, 2.75) is 219 Å². The molecule has 0 rings (SSSR count). The summed E-state index contributed by atoms with van der Waals surface area (Å²) < 4.78 is 22.1. The minimum Gasteiger partial charge on any atom is -0.387 e. The normalized spacial score (nSPS) is 14.4. The molecule has 5 N–H and O–H groups in total. The average molecular weight is 743 g/mol. The van der Waals surface area contributed by atoms with Gasteiger partial charge < -0.3 is 21.1 Å². The molecule has 3 atom stereocenters. The molecule has 302 valence electrons. The molecule has 3 unspecified atom stereocenters. The maximum atomic E-state index is 12.7. The van der Waals surface area contributed by atoms with Gasteiger partial charge in [-0.1, -0.05) is 192 Å². The number of unbranched alkanes of at least 4 members (excludes halogenated alkanes) is 26.